The lowest BCUT2D eigenvalue weighted by molar-refractivity contribution is 0.102. The summed E-state index contributed by atoms with van der Waals surface area (Å²) in [7, 11) is 1.62. The van der Waals surface area contributed by atoms with Gasteiger partial charge in [-0.25, -0.2) is 9.97 Å². The third-order valence-electron chi connectivity index (χ3n) is 2.81. The Balaban J connectivity index is 1.84. The molecule has 0 bridgehead atoms. The van der Waals surface area contributed by atoms with Crippen molar-refractivity contribution in [3.05, 3.63) is 46.7 Å². The molecule has 0 unspecified atom stereocenters. The number of hydrogen-bond donors (Lipinski definition) is 1. The number of fused-ring (bicyclic) bond motifs is 1. The Morgan fingerprint density at radius 2 is 2.19 bits per heavy atom. The number of benzene rings is 1. The van der Waals surface area contributed by atoms with Gasteiger partial charge in [0, 0.05) is 6.20 Å². The zero-order valence-electron chi connectivity index (χ0n) is 11.0. The molecule has 0 saturated heterocycles. The van der Waals surface area contributed by atoms with Crippen LogP contribution in [0.2, 0.25) is 0 Å². The van der Waals surface area contributed by atoms with E-state index in [1.807, 2.05) is 18.2 Å². The SMILES string of the molecule is COc1ccc2nc(NC(=O)c3ccc(Br)nc3)sc2c1. The smallest absolute Gasteiger partial charge is 0.259 e. The van der Waals surface area contributed by atoms with Crippen LogP contribution >= 0.6 is 27.3 Å². The molecule has 7 heteroatoms. The van der Waals surface area contributed by atoms with Gasteiger partial charge in [-0.1, -0.05) is 11.3 Å². The van der Waals surface area contributed by atoms with Crippen molar-refractivity contribution in [3.8, 4) is 5.75 Å². The molecule has 2 aromatic heterocycles. The van der Waals surface area contributed by atoms with Crippen molar-refractivity contribution in [2.24, 2.45) is 0 Å². The highest BCUT2D eigenvalue weighted by Crippen LogP contribution is 2.29. The minimum absolute atomic E-state index is 0.235. The molecular formula is C14H10BrN3O2S. The van der Waals surface area contributed by atoms with Gasteiger partial charge in [0.1, 0.15) is 10.4 Å². The van der Waals surface area contributed by atoms with Crippen LogP contribution in [0.4, 0.5) is 5.13 Å². The Morgan fingerprint density at radius 1 is 1.33 bits per heavy atom. The molecule has 0 spiro atoms. The lowest BCUT2D eigenvalue weighted by Crippen LogP contribution is -2.11. The summed E-state index contributed by atoms with van der Waals surface area (Å²) in [5.74, 6) is 0.530. The first-order valence-corrected chi connectivity index (χ1v) is 7.64. The van der Waals surface area contributed by atoms with Crippen LogP contribution in [-0.2, 0) is 0 Å². The predicted octanol–water partition coefficient (Wildman–Crippen LogP) is 3.71. The standard InChI is InChI=1S/C14H10BrN3O2S/c1-20-9-3-4-10-11(6-9)21-14(17-10)18-13(19)8-2-5-12(15)16-7-8/h2-7H,1H3,(H,17,18,19). The van der Waals surface area contributed by atoms with Gasteiger partial charge in [0.15, 0.2) is 5.13 Å². The van der Waals surface area contributed by atoms with E-state index in [9.17, 15) is 4.79 Å². The van der Waals surface area contributed by atoms with Crippen LogP contribution in [0.5, 0.6) is 5.75 Å². The summed E-state index contributed by atoms with van der Waals surface area (Å²) in [5, 5.41) is 3.32. The molecule has 0 aliphatic rings. The summed E-state index contributed by atoms with van der Waals surface area (Å²) in [5.41, 5.74) is 1.31. The maximum absolute atomic E-state index is 12.1. The molecule has 0 saturated carbocycles. The van der Waals surface area contributed by atoms with E-state index in [1.165, 1.54) is 17.5 Å². The monoisotopic (exact) mass is 363 g/mol. The molecule has 21 heavy (non-hydrogen) atoms. The Morgan fingerprint density at radius 3 is 2.90 bits per heavy atom. The van der Waals surface area contributed by atoms with Crippen LogP contribution in [0, 0.1) is 0 Å². The van der Waals surface area contributed by atoms with Gasteiger partial charge >= 0.3 is 0 Å². The van der Waals surface area contributed by atoms with E-state index in [-0.39, 0.29) is 5.91 Å². The number of ether oxygens (including phenoxy) is 1. The quantitative estimate of drug-likeness (QED) is 0.720. The fourth-order valence-corrected chi connectivity index (χ4v) is 2.89. The number of carbonyl (C=O) groups is 1. The number of nitrogens with zero attached hydrogens (tertiary/aromatic N) is 2. The minimum atomic E-state index is -0.235. The van der Waals surface area contributed by atoms with Gasteiger partial charge in [-0.05, 0) is 46.3 Å². The second kappa shape index (κ2) is 5.79. The molecular weight excluding hydrogens is 354 g/mol. The van der Waals surface area contributed by atoms with E-state index in [4.69, 9.17) is 4.74 Å². The lowest BCUT2D eigenvalue weighted by atomic mass is 10.3. The van der Waals surface area contributed by atoms with Crippen molar-refractivity contribution in [3.63, 3.8) is 0 Å². The van der Waals surface area contributed by atoms with Gasteiger partial charge in [-0.3, -0.25) is 10.1 Å². The molecule has 106 valence electrons. The fraction of sp³-hybridized carbons (Fsp3) is 0.0714. The van der Waals surface area contributed by atoms with Gasteiger partial charge in [0.2, 0.25) is 0 Å². The highest BCUT2D eigenvalue weighted by molar-refractivity contribution is 9.10. The maximum Gasteiger partial charge on any atom is 0.259 e. The average molecular weight is 364 g/mol. The number of methoxy groups -OCH3 is 1. The minimum Gasteiger partial charge on any atom is -0.497 e. The molecule has 0 fully saturated rings. The summed E-state index contributed by atoms with van der Waals surface area (Å²) in [6.07, 6.45) is 1.51. The Hall–Kier alpha value is -1.99. The number of nitrogens with one attached hydrogen (secondary N) is 1. The van der Waals surface area contributed by atoms with Crippen LogP contribution in [0.3, 0.4) is 0 Å². The van der Waals surface area contributed by atoms with Gasteiger partial charge in [-0.2, -0.15) is 0 Å². The number of thiazole rings is 1. The number of halogens is 1. The largest absolute Gasteiger partial charge is 0.497 e. The third kappa shape index (κ3) is 3.03. The van der Waals surface area contributed by atoms with Crippen LogP contribution in [0.1, 0.15) is 10.4 Å². The van der Waals surface area contributed by atoms with Gasteiger partial charge in [-0.15, -0.1) is 0 Å². The molecule has 3 aromatic rings. The van der Waals surface area contributed by atoms with E-state index in [2.05, 4.69) is 31.2 Å². The highest BCUT2D eigenvalue weighted by atomic mass is 79.9. The number of amides is 1. The number of aromatic nitrogens is 2. The normalized spacial score (nSPS) is 10.6. The number of rotatable bonds is 3. The van der Waals surface area contributed by atoms with Gasteiger partial charge in [0.05, 0.1) is 22.9 Å². The fourth-order valence-electron chi connectivity index (χ4n) is 1.76. The maximum atomic E-state index is 12.1. The molecule has 0 aliphatic heterocycles. The van der Waals surface area contributed by atoms with E-state index in [1.54, 1.807) is 19.2 Å². The van der Waals surface area contributed by atoms with Crippen LogP contribution < -0.4 is 10.1 Å². The Bertz CT molecular complexity index is 802. The van der Waals surface area contributed by atoms with Crippen molar-refractivity contribution >= 4 is 48.5 Å². The first kappa shape index (κ1) is 14.0. The van der Waals surface area contributed by atoms with E-state index < -0.39 is 0 Å². The molecule has 0 aliphatic carbocycles. The number of carbonyl (C=O) groups excluding carboxylic acids is 1. The van der Waals surface area contributed by atoms with Gasteiger partial charge in [0.25, 0.3) is 5.91 Å². The molecule has 1 aromatic carbocycles. The van der Waals surface area contributed by atoms with Crippen molar-refractivity contribution < 1.29 is 9.53 Å². The second-order valence-electron chi connectivity index (χ2n) is 4.18. The summed E-state index contributed by atoms with van der Waals surface area (Å²) in [6, 6.07) is 9.01. The van der Waals surface area contributed by atoms with E-state index in [0.717, 1.165) is 16.0 Å². The first-order chi connectivity index (χ1) is 10.2. The number of pyridine rings is 1. The molecule has 1 amide bonds. The van der Waals surface area contributed by atoms with Gasteiger partial charge < -0.3 is 4.74 Å². The molecule has 2 heterocycles. The zero-order valence-corrected chi connectivity index (χ0v) is 13.4. The topological polar surface area (TPSA) is 64.1 Å². The lowest BCUT2D eigenvalue weighted by Gasteiger charge is -2.00. The molecule has 3 rings (SSSR count). The van der Waals surface area contributed by atoms with Crippen LogP contribution in [0.15, 0.2) is 41.1 Å². The van der Waals surface area contributed by atoms with Crippen molar-refractivity contribution in [2.45, 2.75) is 0 Å². The second-order valence-corrected chi connectivity index (χ2v) is 6.02. The van der Waals surface area contributed by atoms with E-state index in [0.29, 0.717) is 15.3 Å². The van der Waals surface area contributed by atoms with E-state index >= 15 is 0 Å². The predicted molar refractivity (Wildman–Crippen MR) is 86.1 cm³/mol. The molecule has 1 N–H and O–H groups in total. The molecule has 0 atom stereocenters. The average Bonchev–Trinajstić information content (AvgIpc) is 2.88. The highest BCUT2D eigenvalue weighted by Gasteiger charge is 2.10. The summed E-state index contributed by atoms with van der Waals surface area (Å²) < 4.78 is 6.82. The zero-order chi connectivity index (χ0) is 14.8. The van der Waals surface area contributed by atoms with Crippen LogP contribution in [0.25, 0.3) is 10.2 Å². The number of anilines is 1. The molecule has 0 radical (unpaired) electrons. The third-order valence-corrected chi connectivity index (χ3v) is 4.21. The Labute approximate surface area is 133 Å². The van der Waals surface area contributed by atoms with Crippen LogP contribution in [-0.4, -0.2) is 23.0 Å². The Kier molecular flexibility index (Phi) is 3.85. The molecule has 5 nitrogen and oxygen atoms in total. The summed E-state index contributed by atoms with van der Waals surface area (Å²) >= 11 is 4.63. The summed E-state index contributed by atoms with van der Waals surface area (Å²) in [4.78, 5) is 20.5. The van der Waals surface area contributed by atoms with Crippen molar-refractivity contribution in [1.82, 2.24) is 9.97 Å². The summed E-state index contributed by atoms with van der Waals surface area (Å²) in [6.45, 7) is 0. The number of hydrogen-bond acceptors (Lipinski definition) is 5. The van der Waals surface area contributed by atoms with Crippen molar-refractivity contribution in [2.75, 3.05) is 12.4 Å². The van der Waals surface area contributed by atoms with Crippen molar-refractivity contribution in [1.29, 1.82) is 0 Å². The first-order valence-electron chi connectivity index (χ1n) is 6.03.